The largest absolute Gasteiger partial charge is 0.370 e. The van der Waals surface area contributed by atoms with Crippen molar-refractivity contribution < 1.29 is 4.74 Å². The summed E-state index contributed by atoms with van der Waals surface area (Å²) in [6, 6.07) is 0.826. The van der Waals surface area contributed by atoms with E-state index in [4.69, 9.17) is 16.3 Å². The summed E-state index contributed by atoms with van der Waals surface area (Å²) in [6.07, 6.45) is 13.8. The first-order chi connectivity index (χ1) is 9.31. The van der Waals surface area contributed by atoms with Crippen molar-refractivity contribution in [2.24, 2.45) is 0 Å². The molecule has 1 heterocycles. The molecule has 3 aliphatic rings. The number of ether oxygens (including phenoxy) is 1. The SMILES string of the molecule is ClCCCN(CC1CCC2(CCCC2)O1)C1CCC1. The Kier molecular flexibility index (Phi) is 4.71. The Labute approximate surface area is 122 Å². The van der Waals surface area contributed by atoms with Crippen LogP contribution in [0.1, 0.15) is 64.2 Å². The molecule has 2 nitrogen and oxygen atoms in total. The van der Waals surface area contributed by atoms with E-state index in [0.717, 1.165) is 24.9 Å². The molecule has 0 amide bonds. The zero-order valence-corrected chi connectivity index (χ0v) is 12.8. The van der Waals surface area contributed by atoms with Crippen LogP contribution in [0, 0.1) is 0 Å². The van der Waals surface area contributed by atoms with Gasteiger partial charge in [-0.05, 0) is 51.5 Å². The summed E-state index contributed by atoms with van der Waals surface area (Å²) < 4.78 is 6.46. The van der Waals surface area contributed by atoms with Gasteiger partial charge in [-0.25, -0.2) is 0 Å². The van der Waals surface area contributed by atoms with Crippen LogP contribution < -0.4 is 0 Å². The van der Waals surface area contributed by atoms with Crippen molar-refractivity contribution in [3.05, 3.63) is 0 Å². The zero-order chi connectivity index (χ0) is 13.1. The van der Waals surface area contributed by atoms with Crippen molar-refractivity contribution in [2.75, 3.05) is 19.0 Å². The van der Waals surface area contributed by atoms with E-state index in [-0.39, 0.29) is 0 Å². The van der Waals surface area contributed by atoms with Crippen molar-refractivity contribution in [2.45, 2.75) is 82.0 Å². The van der Waals surface area contributed by atoms with Crippen LogP contribution in [0.2, 0.25) is 0 Å². The second-order valence-electron chi connectivity index (χ2n) is 6.79. The second kappa shape index (κ2) is 6.32. The number of halogens is 1. The minimum absolute atomic E-state index is 0.294. The molecule has 1 atom stereocenters. The highest BCUT2D eigenvalue weighted by molar-refractivity contribution is 6.17. The minimum Gasteiger partial charge on any atom is -0.370 e. The molecule has 0 N–H and O–H groups in total. The standard InChI is InChI=1S/C16H28ClNO/c17-11-4-12-18(14-5-3-6-14)13-15-7-10-16(19-15)8-1-2-9-16/h14-15H,1-13H2. The zero-order valence-electron chi connectivity index (χ0n) is 12.1. The average Bonchev–Trinajstić information content (AvgIpc) is 2.95. The lowest BCUT2D eigenvalue weighted by Crippen LogP contribution is -2.45. The van der Waals surface area contributed by atoms with E-state index in [9.17, 15) is 0 Å². The van der Waals surface area contributed by atoms with Crippen LogP contribution >= 0.6 is 11.6 Å². The first-order valence-corrected chi connectivity index (χ1v) is 8.83. The van der Waals surface area contributed by atoms with Crippen LogP contribution in [-0.4, -0.2) is 41.6 Å². The fraction of sp³-hybridized carbons (Fsp3) is 1.00. The van der Waals surface area contributed by atoms with Gasteiger partial charge < -0.3 is 4.74 Å². The molecule has 0 aromatic carbocycles. The third-order valence-corrected chi connectivity index (χ3v) is 5.73. The van der Waals surface area contributed by atoms with Crippen LogP contribution in [0.15, 0.2) is 0 Å². The Balaban J connectivity index is 1.50. The van der Waals surface area contributed by atoms with Crippen LogP contribution in [0.25, 0.3) is 0 Å². The predicted octanol–water partition coefficient (Wildman–Crippen LogP) is 3.96. The van der Waals surface area contributed by atoms with Gasteiger partial charge >= 0.3 is 0 Å². The van der Waals surface area contributed by atoms with Gasteiger partial charge in [0, 0.05) is 18.5 Å². The lowest BCUT2D eigenvalue weighted by atomic mass is 9.91. The quantitative estimate of drug-likeness (QED) is 0.685. The average molecular weight is 286 g/mol. The van der Waals surface area contributed by atoms with Gasteiger partial charge in [0.05, 0.1) is 11.7 Å². The molecule has 19 heavy (non-hydrogen) atoms. The number of nitrogens with zero attached hydrogens (tertiary/aromatic N) is 1. The molecule has 3 heteroatoms. The Morgan fingerprint density at radius 2 is 1.84 bits per heavy atom. The number of rotatable bonds is 6. The predicted molar refractivity (Wildman–Crippen MR) is 79.9 cm³/mol. The Morgan fingerprint density at radius 1 is 1.05 bits per heavy atom. The maximum Gasteiger partial charge on any atom is 0.0710 e. The molecule has 0 bridgehead atoms. The van der Waals surface area contributed by atoms with Crippen molar-refractivity contribution >= 4 is 11.6 Å². The highest BCUT2D eigenvalue weighted by Gasteiger charge is 2.42. The van der Waals surface area contributed by atoms with Crippen molar-refractivity contribution in [3.63, 3.8) is 0 Å². The molecule has 1 spiro atoms. The molecule has 2 saturated carbocycles. The fourth-order valence-electron chi connectivity index (χ4n) is 4.11. The summed E-state index contributed by atoms with van der Waals surface area (Å²) in [4.78, 5) is 2.67. The summed E-state index contributed by atoms with van der Waals surface area (Å²) in [7, 11) is 0. The highest BCUT2D eigenvalue weighted by atomic mass is 35.5. The maximum absolute atomic E-state index is 6.46. The first kappa shape index (κ1) is 14.2. The summed E-state index contributed by atoms with van der Waals surface area (Å²) >= 11 is 5.87. The Bertz CT molecular complexity index is 286. The molecule has 1 saturated heterocycles. The van der Waals surface area contributed by atoms with Crippen molar-refractivity contribution in [1.29, 1.82) is 0 Å². The summed E-state index contributed by atoms with van der Waals surface area (Å²) in [5.41, 5.74) is 0.294. The van der Waals surface area contributed by atoms with Gasteiger partial charge in [0.2, 0.25) is 0 Å². The highest BCUT2D eigenvalue weighted by Crippen LogP contribution is 2.43. The van der Waals surface area contributed by atoms with E-state index >= 15 is 0 Å². The van der Waals surface area contributed by atoms with E-state index in [2.05, 4.69) is 4.90 Å². The van der Waals surface area contributed by atoms with Gasteiger partial charge in [-0.3, -0.25) is 4.90 Å². The van der Waals surface area contributed by atoms with Gasteiger partial charge in [0.15, 0.2) is 0 Å². The lowest BCUT2D eigenvalue weighted by Gasteiger charge is -2.39. The van der Waals surface area contributed by atoms with Crippen molar-refractivity contribution in [1.82, 2.24) is 4.90 Å². The molecule has 1 unspecified atom stereocenters. The Hall–Kier alpha value is 0.210. The van der Waals surface area contributed by atoms with Crippen LogP contribution in [-0.2, 0) is 4.74 Å². The monoisotopic (exact) mass is 285 g/mol. The molecule has 3 fully saturated rings. The molecule has 110 valence electrons. The first-order valence-electron chi connectivity index (χ1n) is 8.29. The normalized spacial score (nSPS) is 30.3. The second-order valence-corrected chi connectivity index (χ2v) is 7.17. The fourth-order valence-corrected chi connectivity index (χ4v) is 4.23. The van der Waals surface area contributed by atoms with Crippen molar-refractivity contribution in [3.8, 4) is 0 Å². The van der Waals surface area contributed by atoms with E-state index in [1.54, 1.807) is 0 Å². The lowest BCUT2D eigenvalue weighted by molar-refractivity contribution is -0.0551. The van der Waals surface area contributed by atoms with Gasteiger partial charge in [0.1, 0.15) is 0 Å². The number of hydrogen-bond donors (Lipinski definition) is 0. The molecule has 0 aromatic rings. The Morgan fingerprint density at radius 3 is 2.47 bits per heavy atom. The molecule has 0 aromatic heterocycles. The molecule has 1 aliphatic heterocycles. The third kappa shape index (κ3) is 3.28. The number of alkyl halides is 1. The molecular weight excluding hydrogens is 258 g/mol. The van der Waals surface area contributed by atoms with E-state index in [0.29, 0.717) is 11.7 Å². The molecule has 0 radical (unpaired) electrons. The minimum atomic E-state index is 0.294. The smallest absolute Gasteiger partial charge is 0.0710 e. The molecule has 2 aliphatic carbocycles. The van der Waals surface area contributed by atoms with Crippen LogP contribution in [0.4, 0.5) is 0 Å². The molecule has 3 rings (SSSR count). The number of hydrogen-bond acceptors (Lipinski definition) is 2. The van der Waals surface area contributed by atoms with Crippen LogP contribution in [0.5, 0.6) is 0 Å². The van der Waals surface area contributed by atoms with Gasteiger partial charge in [0.25, 0.3) is 0 Å². The van der Waals surface area contributed by atoms with Gasteiger partial charge in [-0.1, -0.05) is 19.3 Å². The topological polar surface area (TPSA) is 12.5 Å². The maximum atomic E-state index is 6.46. The molecular formula is C16H28ClNO. The summed E-state index contributed by atoms with van der Waals surface area (Å²) in [5, 5.41) is 0. The van der Waals surface area contributed by atoms with Gasteiger partial charge in [-0.2, -0.15) is 0 Å². The van der Waals surface area contributed by atoms with E-state index in [1.165, 1.54) is 64.3 Å². The van der Waals surface area contributed by atoms with E-state index < -0.39 is 0 Å². The summed E-state index contributed by atoms with van der Waals surface area (Å²) in [6.45, 7) is 2.32. The van der Waals surface area contributed by atoms with E-state index in [1.807, 2.05) is 0 Å². The summed E-state index contributed by atoms with van der Waals surface area (Å²) in [5.74, 6) is 0.790. The van der Waals surface area contributed by atoms with Crippen LogP contribution in [0.3, 0.4) is 0 Å². The third-order valence-electron chi connectivity index (χ3n) is 5.46. The van der Waals surface area contributed by atoms with Gasteiger partial charge in [-0.15, -0.1) is 11.6 Å².